The molecule has 5 rings (SSSR count). The molecule has 1 aliphatic heterocycles. The number of aromatic nitrogens is 2. The second-order valence-electron chi connectivity index (χ2n) is 9.34. The standard InChI is InChI=1S/C27H32N4OS/c1-19(2)32-23-13-11-22(12-14-23)31-26(25(29-27(31)33)24-10-6-7-16-28-24)20-15-17-30(18-20)21-8-4-3-5-9-21/h6-7,10-19,21,25-26H,3-5,8-9H2,1-2H3,(H,29,33)/t25-,26-/m1/s1. The smallest absolute Gasteiger partial charge is 0.174 e. The topological polar surface area (TPSA) is 42.3 Å². The van der Waals surface area contributed by atoms with E-state index in [1.165, 1.54) is 37.7 Å². The van der Waals surface area contributed by atoms with Crippen LogP contribution >= 0.6 is 12.2 Å². The van der Waals surface area contributed by atoms with Gasteiger partial charge in [-0.1, -0.05) is 25.3 Å². The number of nitrogens with zero attached hydrogens (tertiary/aromatic N) is 3. The number of ether oxygens (including phenoxy) is 1. The molecule has 1 aliphatic carbocycles. The molecule has 0 radical (unpaired) electrons. The summed E-state index contributed by atoms with van der Waals surface area (Å²) in [6.07, 6.45) is 13.1. The van der Waals surface area contributed by atoms with Crippen molar-refractivity contribution in [3.8, 4) is 5.75 Å². The Bertz CT molecular complexity index is 1070. The molecule has 0 bridgehead atoms. The Labute approximate surface area is 201 Å². The van der Waals surface area contributed by atoms with E-state index in [1.54, 1.807) is 0 Å². The summed E-state index contributed by atoms with van der Waals surface area (Å²) in [4.78, 5) is 6.90. The van der Waals surface area contributed by atoms with Gasteiger partial charge in [0.15, 0.2) is 5.11 Å². The molecule has 6 heteroatoms. The van der Waals surface area contributed by atoms with E-state index in [9.17, 15) is 0 Å². The van der Waals surface area contributed by atoms with Crippen LogP contribution in [0.15, 0.2) is 67.1 Å². The first kappa shape index (κ1) is 22.0. The van der Waals surface area contributed by atoms with Crippen LogP contribution < -0.4 is 15.0 Å². The highest BCUT2D eigenvalue weighted by atomic mass is 32.1. The SMILES string of the molecule is CC(C)Oc1ccc(N2C(=S)N[C@H](c3ccccn3)[C@H]2c2ccn(C3CCCCC3)c2)cc1. The van der Waals surface area contributed by atoms with Gasteiger partial charge in [0.1, 0.15) is 5.75 Å². The van der Waals surface area contributed by atoms with Gasteiger partial charge < -0.3 is 19.5 Å². The Morgan fingerprint density at radius 3 is 2.52 bits per heavy atom. The van der Waals surface area contributed by atoms with Gasteiger partial charge in [-0.05, 0) is 86.9 Å². The number of anilines is 1. The highest BCUT2D eigenvalue weighted by Gasteiger charge is 2.41. The molecular weight excluding hydrogens is 428 g/mol. The number of nitrogens with one attached hydrogen (secondary N) is 1. The highest BCUT2D eigenvalue weighted by molar-refractivity contribution is 7.80. The molecule has 1 N–H and O–H groups in total. The fourth-order valence-electron chi connectivity index (χ4n) is 5.14. The van der Waals surface area contributed by atoms with E-state index in [0.717, 1.165) is 22.2 Å². The molecule has 2 fully saturated rings. The van der Waals surface area contributed by atoms with Crippen LogP contribution in [-0.4, -0.2) is 20.8 Å². The summed E-state index contributed by atoms with van der Waals surface area (Å²) in [6, 6.07) is 17.2. The third-order valence-corrected chi connectivity index (χ3v) is 6.97. The van der Waals surface area contributed by atoms with Gasteiger partial charge in [0.05, 0.1) is 23.9 Å². The van der Waals surface area contributed by atoms with Crippen LogP contribution in [0, 0.1) is 0 Å². The van der Waals surface area contributed by atoms with E-state index in [-0.39, 0.29) is 18.2 Å². The predicted octanol–water partition coefficient (Wildman–Crippen LogP) is 6.35. The maximum absolute atomic E-state index is 5.86. The maximum Gasteiger partial charge on any atom is 0.174 e. The first-order chi connectivity index (χ1) is 16.1. The van der Waals surface area contributed by atoms with E-state index in [4.69, 9.17) is 17.0 Å². The molecule has 3 aromatic rings. The third kappa shape index (κ3) is 4.62. The molecule has 2 aliphatic rings. The molecule has 0 spiro atoms. The Hall–Kier alpha value is -2.86. The van der Waals surface area contributed by atoms with Crippen molar-refractivity contribution in [3.63, 3.8) is 0 Å². The lowest BCUT2D eigenvalue weighted by Gasteiger charge is -2.28. The second-order valence-corrected chi connectivity index (χ2v) is 9.73. The van der Waals surface area contributed by atoms with Gasteiger partial charge in [-0.25, -0.2) is 0 Å². The van der Waals surface area contributed by atoms with Crippen molar-refractivity contribution < 1.29 is 4.74 Å². The van der Waals surface area contributed by atoms with Crippen LogP contribution in [0.4, 0.5) is 5.69 Å². The third-order valence-electron chi connectivity index (χ3n) is 6.66. The Balaban J connectivity index is 1.50. The number of pyridine rings is 1. The fraction of sp³-hybridized carbons (Fsp3) is 0.407. The summed E-state index contributed by atoms with van der Waals surface area (Å²) in [5, 5.41) is 4.28. The van der Waals surface area contributed by atoms with Crippen LogP contribution in [0.2, 0.25) is 0 Å². The van der Waals surface area contributed by atoms with E-state index in [1.807, 2.05) is 44.3 Å². The first-order valence-electron chi connectivity index (χ1n) is 12.0. The molecule has 1 saturated heterocycles. The van der Waals surface area contributed by atoms with E-state index >= 15 is 0 Å². The maximum atomic E-state index is 5.86. The van der Waals surface area contributed by atoms with Gasteiger partial charge >= 0.3 is 0 Å². The summed E-state index contributed by atoms with van der Waals surface area (Å²) in [7, 11) is 0. The number of rotatable bonds is 6. The monoisotopic (exact) mass is 460 g/mol. The van der Waals surface area contributed by atoms with Gasteiger partial charge in [-0.15, -0.1) is 0 Å². The molecule has 3 heterocycles. The average Bonchev–Trinajstić information content (AvgIpc) is 3.45. The zero-order valence-corrected chi connectivity index (χ0v) is 20.2. The summed E-state index contributed by atoms with van der Waals surface area (Å²) in [5.41, 5.74) is 3.31. The largest absolute Gasteiger partial charge is 0.491 e. The van der Waals surface area contributed by atoms with Gasteiger partial charge in [0.2, 0.25) is 0 Å². The van der Waals surface area contributed by atoms with Crippen LogP contribution in [0.5, 0.6) is 5.75 Å². The predicted molar refractivity (Wildman–Crippen MR) is 137 cm³/mol. The van der Waals surface area contributed by atoms with E-state index in [0.29, 0.717) is 6.04 Å². The molecule has 2 aromatic heterocycles. The van der Waals surface area contributed by atoms with Crippen molar-refractivity contribution in [3.05, 3.63) is 78.4 Å². The molecule has 5 nitrogen and oxygen atoms in total. The molecule has 2 atom stereocenters. The molecule has 0 unspecified atom stereocenters. The Kier molecular flexibility index (Phi) is 6.36. The van der Waals surface area contributed by atoms with Crippen molar-refractivity contribution in [2.75, 3.05) is 4.90 Å². The molecule has 172 valence electrons. The minimum atomic E-state index is -0.0208. The van der Waals surface area contributed by atoms with Crippen molar-refractivity contribution >= 4 is 23.0 Å². The summed E-state index contributed by atoms with van der Waals surface area (Å²) in [6.45, 7) is 4.08. The van der Waals surface area contributed by atoms with Crippen molar-refractivity contribution in [2.45, 2.75) is 70.2 Å². The van der Waals surface area contributed by atoms with Gasteiger partial charge in [0, 0.05) is 30.3 Å². The second kappa shape index (κ2) is 9.56. The van der Waals surface area contributed by atoms with Crippen molar-refractivity contribution in [1.82, 2.24) is 14.9 Å². The number of hydrogen-bond donors (Lipinski definition) is 1. The molecular formula is C27H32N4OS. The first-order valence-corrected chi connectivity index (χ1v) is 12.5. The lowest BCUT2D eigenvalue weighted by molar-refractivity contribution is 0.242. The van der Waals surface area contributed by atoms with Gasteiger partial charge in [0.25, 0.3) is 0 Å². The fourth-order valence-corrected chi connectivity index (χ4v) is 5.49. The zero-order valence-electron chi connectivity index (χ0n) is 19.4. The zero-order chi connectivity index (χ0) is 22.8. The van der Waals surface area contributed by atoms with Crippen LogP contribution in [0.25, 0.3) is 0 Å². The number of thiocarbonyl (C=S) groups is 1. The molecule has 1 aromatic carbocycles. The minimum Gasteiger partial charge on any atom is -0.491 e. The van der Waals surface area contributed by atoms with Gasteiger partial charge in [-0.2, -0.15) is 0 Å². The Morgan fingerprint density at radius 1 is 1.03 bits per heavy atom. The van der Waals surface area contributed by atoms with Gasteiger partial charge in [-0.3, -0.25) is 4.98 Å². The van der Waals surface area contributed by atoms with E-state index in [2.05, 4.69) is 56.4 Å². The number of hydrogen-bond acceptors (Lipinski definition) is 3. The highest BCUT2D eigenvalue weighted by Crippen LogP contribution is 2.42. The summed E-state index contributed by atoms with van der Waals surface area (Å²) >= 11 is 5.86. The van der Waals surface area contributed by atoms with Crippen molar-refractivity contribution in [1.29, 1.82) is 0 Å². The minimum absolute atomic E-state index is 0.0208. The summed E-state index contributed by atoms with van der Waals surface area (Å²) < 4.78 is 8.27. The average molecular weight is 461 g/mol. The van der Waals surface area contributed by atoms with Crippen molar-refractivity contribution in [2.24, 2.45) is 0 Å². The Morgan fingerprint density at radius 2 is 1.82 bits per heavy atom. The lowest BCUT2D eigenvalue weighted by atomic mass is 9.95. The molecule has 1 saturated carbocycles. The normalized spacial score (nSPS) is 21.4. The number of benzene rings is 1. The molecule has 0 amide bonds. The summed E-state index contributed by atoms with van der Waals surface area (Å²) in [5.74, 6) is 0.869. The van der Waals surface area contributed by atoms with Crippen LogP contribution in [0.1, 0.15) is 75.3 Å². The van der Waals surface area contributed by atoms with Crippen LogP contribution in [0.3, 0.4) is 0 Å². The van der Waals surface area contributed by atoms with E-state index < -0.39 is 0 Å². The molecule has 33 heavy (non-hydrogen) atoms. The van der Waals surface area contributed by atoms with Crippen LogP contribution in [-0.2, 0) is 0 Å². The quantitative estimate of drug-likeness (QED) is 0.434. The lowest BCUT2D eigenvalue weighted by Crippen LogP contribution is -2.29.